The smallest absolute Gasteiger partial charge is 0.250 e. The quantitative estimate of drug-likeness (QED) is 0.724. The van der Waals surface area contributed by atoms with Gasteiger partial charge in [0.2, 0.25) is 0 Å². The summed E-state index contributed by atoms with van der Waals surface area (Å²) in [5.74, 6) is 0. The lowest BCUT2D eigenvalue weighted by atomic mass is 10.2. The first-order chi connectivity index (χ1) is 6.65. The third kappa shape index (κ3) is 2.74. The first-order valence-corrected chi connectivity index (χ1v) is 4.33. The molecular weight excluding hydrogens is 190 g/mol. The van der Waals surface area contributed by atoms with Crippen LogP contribution >= 0.6 is 0 Å². The summed E-state index contributed by atoms with van der Waals surface area (Å²) in [6, 6.07) is -0.267. The average molecular weight is 204 g/mol. The molecule has 4 nitrogen and oxygen atoms in total. The maximum atomic E-state index is 11.9. The van der Waals surface area contributed by atoms with E-state index in [4.69, 9.17) is 5.73 Å². The highest BCUT2D eigenvalue weighted by molar-refractivity contribution is 5.05. The van der Waals surface area contributed by atoms with Gasteiger partial charge in [0, 0.05) is 19.8 Å². The van der Waals surface area contributed by atoms with Crippen molar-refractivity contribution in [1.29, 1.82) is 0 Å². The lowest BCUT2D eigenvalue weighted by Gasteiger charge is -2.16. The van der Waals surface area contributed by atoms with Crippen molar-refractivity contribution in [3.8, 4) is 0 Å². The lowest BCUT2D eigenvalue weighted by molar-refractivity contribution is 0.141. The molecule has 0 aliphatic heterocycles. The molecule has 80 valence electrons. The summed E-state index contributed by atoms with van der Waals surface area (Å²) in [5, 5.41) is 2.68. The van der Waals surface area contributed by atoms with Crippen molar-refractivity contribution >= 4 is 0 Å². The van der Waals surface area contributed by atoms with Crippen LogP contribution in [0.5, 0.6) is 0 Å². The molecule has 0 bridgehead atoms. The minimum atomic E-state index is -2.36. The van der Waals surface area contributed by atoms with Gasteiger partial charge in [-0.25, -0.2) is 13.8 Å². The molecular formula is C8H14F2N4. The van der Waals surface area contributed by atoms with Gasteiger partial charge in [0.05, 0.1) is 24.6 Å². The molecule has 1 atom stereocenters. The van der Waals surface area contributed by atoms with E-state index >= 15 is 0 Å². The molecule has 1 aromatic heterocycles. The van der Waals surface area contributed by atoms with Gasteiger partial charge in [-0.1, -0.05) is 0 Å². The zero-order chi connectivity index (χ0) is 10.6. The summed E-state index contributed by atoms with van der Waals surface area (Å²) < 4.78 is 25.7. The molecule has 0 spiro atoms. The third-order valence-electron chi connectivity index (χ3n) is 1.97. The first kappa shape index (κ1) is 11.1. The summed E-state index contributed by atoms with van der Waals surface area (Å²) in [6.07, 6.45) is 0.871. The number of nitrogens with two attached hydrogens (primary N) is 1. The van der Waals surface area contributed by atoms with E-state index in [1.165, 1.54) is 0 Å². The van der Waals surface area contributed by atoms with Gasteiger partial charge >= 0.3 is 0 Å². The number of alkyl halides is 2. The summed E-state index contributed by atoms with van der Waals surface area (Å²) in [7, 11) is 1.80. The van der Waals surface area contributed by atoms with E-state index in [9.17, 15) is 8.78 Å². The molecule has 0 amide bonds. The van der Waals surface area contributed by atoms with Gasteiger partial charge in [-0.05, 0) is 0 Å². The predicted molar refractivity (Wildman–Crippen MR) is 49.0 cm³/mol. The molecule has 1 unspecified atom stereocenters. The second-order valence-corrected chi connectivity index (χ2v) is 3.02. The zero-order valence-corrected chi connectivity index (χ0v) is 7.95. The summed E-state index contributed by atoms with van der Waals surface area (Å²) in [4.78, 5) is 3.90. The van der Waals surface area contributed by atoms with Crippen LogP contribution in [0.1, 0.15) is 11.7 Å². The minimum Gasteiger partial charge on any atom is -0.336 e. The van der Waals surface area contributed by atoms with Crippen molar-refractivity contribution in [1.82, 2.24) is 14.9 Å². The van der Waals surface area contributed by atoms with Crippen molar-refractivity contribution < 1.29 is 8.78 Å². The van der Waals surface area contributed by atoms with Gasteiger partial charge in [-0.15, -0.1) is 0 Å². The number of nitrogens with one attached hydrogen (secondary N) is 1. The molecule has 3 N–H and O–H groups in total. The maximum absolute atomic E-state index is 11.9. The highest BCUT2D eigenvalue weighted by atomic mass is 19.3. The van der Waals surface area contributed by atoms with Crippen molar-refractivity contribution in [3.05, 3.63) is 18.2 Å². The van der Waals surface area contributed by atoms with Crippen molar-refractivity contribution in [2.45, 2.75) is 12.5 Å². The maximum Gasteiger partial charge on any atom is 0.250 e. The molecule has 14 heavy (non-hydrogen) atoms. The standard InChI is InChI=1S/C8H14F2N4/c1-14-5-12-3-7(14)6(2-11)13-4-8(9)10/h3,5-6,8,13H,2,4,11H2,1H3. The number of nitrogens with zero attached hydrogens (tertiary/aromatic N) is 2. The van der Waals surface area contributed by atoms with Gasteiger partial charge in [0.25, 0.3) is 6.43 Å². The second kappa shape index (κ2) is 5.02. The molecule has 6 heteroatoms. The summed E-state index contributed by atoms with van der Waals surface area (Å²) in [5.41, 5.74) is 6.28. The molecule has 0 saturated carbocycles. The van der Waals surface area contributed by atoms with Crippen LogP contribution in [0.3, 0.4) is 0 Å². The number of aromatic nitrogens is 2. The molecule has 0 aliphatic carbocycles. The number of hydrogen-bond donors (Lipinski definition) is 2. The molecule has 1 heterocycles. The molecule has 0 radical (unpaired) electrons. The van der Waals surface area contributed by atoms with Gasteiger partial charge in [-0.3, -0.25) is 0 Å². The number of hydrogen-bond acceptors (Lipinski definition) is 3. The molecule has 1 rings (SSSR count). The Kier molecular flexibility index (Phi) is 3.97. The van der Waals surface area contributed by atoms with Crippen molar-refractivity contribution in [2.75, 3.05) is 13.1 Å². The Bertz CT molecular complexity index is 274. The highest BCUT2D eigenvalue weighted by Crippen LogP contribution is 2.09. The number of halogens is 2. The van der Waals surface area contributed by atoms with E-state index < -0.39 is 6.43 Å². The summed E-state index contributed by atoms with van der Waals surface area (Å²) in [6.45, 7) is -0.0840. The molecule has 0 aliphatic rings. The Morgan fingerprint density at radius 3 is 2.79 bits per heavy atom. The molecule has 0 aromatic carbocycles. The predicted octanol–water partition coefficient (Wildman–Crippen LogP) is 0.275. The molecule has 0 saturated heterocycles. The zero-order valence-electron chi connectivity index (χ0n) is 7.95. The third-order valence-corrected chi connectivity index (χ3v) is 1.97. The fourth-order valence-electron chi connectivity index (χ4n) is 1.24. The van der Waals surface area contributed by atoms with Crippen molar-refractivity contribution in [3.63, 3.8) is 0 Å². The Labute approximate surface area is 81.1 Å². The monoisotopic (exact) mass is 204 g/mol. The van der Waals surface area contributed by atoms with Crippen LogP contribution in [0, 0.1) is 0 Å². The van der Waals surface area contributed by atoms with Crippen LogP contribution in [0.2, 0.25) is 0 Å². The fraction of sp³-hybridized carbons (Fsp3) is 0.625. The van der Waals surface area contributed by atoms with Gasteiger partial charge < -0.3 is 15.6 Å². The fourth-order valence-corrected chi connectivity index (χ4v) is 1.24. The van der Waals surface area contributed by atoms with Crippen LogP contribution in [0.15, 0.2) is 12.5 Å². The largest absolute Gasteiger partial charge is 0.336 e. The Hall–Kier alpha value is -1.01. The topological polar surface area (TPSA) is 55.9 Å². The van der Waals surface area contributed by atoms with Gasteiger partial charge in [0.1, 0.15) is 0 Å². The van der Waals surface area contributed by atoms with E-state index in [2.05, 4.69) is 10.3 Å². The van der Waals surface area contributed by atoms with Crippen LogP contribution < -0.4 is 11.1 Å². The molecule has 0 fully saturated rings. The number of aryl methyl sites for hydroxylation is 1. The van der Waals surface area contributed by atoms with E-state index in [-0.39, 0.29) is 19.1 Å². The van der Waals surface area contributed by atoms with Crippen LogP contribution in [0.4, 0.5) is 8.78 Å². The van der Waals surface area contributed by atoms with Gasteiger partial charge in [-0.2, -0.15) is 0 Å². The highest BCUT2D eigenvalue weighted by Gasteiger charge is 2.14. The molecule has 1 aromatic rings. The van der Waals surface area contributed by atoms with E-state index in [0.29, 0.717) is 0 Å². The first-order valence-electron chi connectivity index (χ1n) is 4.33. The summed E-state index contributed by atoms with van der Waals surface area (Å²) >= 11 is 0. The SMILES string of the molecule is Cn1cncc1C(CN)NCC(F)F. The Morgan fingerprint density at radius 1 is 1.64 bits per heavy atom. The van der Waals surface area contributed by atoms with E-state index in [1.54, 1.807) is 24.1 Å². The van der Waals surface area contributed by atoms with Crippen LogP contribution in [-0.4, -0.2) is 29.1 Å². The van der Waals surface area contributed by atoms with Crippen LogP contribution in [0.25, 0.3) is 0 Å². The number of imidazole rings is 1. The Balaban J connectivity index is 2.58. The normalized spacial score (nSPS) is 13.5. The average Bonchev–Trinajstić information content (AvgIpc) is 2.53. The van der Waals surface area contributed by atoms with E-state index in [0.717, 1.165) is 5.69 Å². The Morgan fingerprint density at radius 2 is 2.36 bits per heavy atom. The lowest BCUT2D eigenvalue weighted by Crippen LogP contribution is -2.32. The second-order valence-electron chi connectivity index (χ2n) is 3.02. The minimum absolute atomic E-state index is 0.267. The van der Waals surface area contributed by atoms with Crippen molar-refractivity contribution in [2.24, 2.45) is 12.8 Å². The van der Waals surface area contributed by atoms with E-state index in [1.807, 2.05) is 0 Å². The van der Waals surface area contributed by atoms with Gasteiger partial charge in [0.15, 0.2) is 0 Å². The van der Waals surface area contributed by atoms with Crippen LogP contribution in [-0.2, 0) is 7.05 Å². The number of rotatable bonds is 5.